The Kier molecular flexibility index (Phi) is 6.75. The van der Waals surface area contributed by atoms with Crippen molar-refractivity contribution in [3.8, 4) is 0 Å². The van der Waals surface area contributed by atoms with E-state index < -0.39 is 0 Å². The Balaban J connectivity index is 1.37. The zero-order valence-electron chi connectivity index (χ0n) is 19.3. The predicted molar refractivity (Wildman–Crippen MR) is 140 cm³/mol. The molecule has 0 bridgehead atoms. The van der Waals surface area contributed by atoms with E-state index in [4.69, 9.17) is 12.2 Å². The number of aryl methyl sites for hydroxylation is 1. The first-order valence-electron chi connectivity index (χ1n) is 11.1. The Morgan fingerprint density at radius 3 is 2.34 bits per heavy atom. The Bertz CT molecular complexity index is 1030. The molecule has 4 nitrogen and oxygen atoms in total. The Morgan fingerprint density at radius 1 is 1.03 bits per heavy atom. The summed E-state index contributed by atoms with van der Waals surface area (Å²) in [7, 11) is 0. The molecule has 0 aliphatic carbocycles. The number of nitrogens with zero attached hydrogens (tertiary/aromatic N) is 3. The van der Waals surface area contributed by atoms with Crippen molar-refractivity contribution in [3.63, 3.8) is 0 Å². The highest BCUT2D eigenvalue weighted by molar-refractivity contribution is 8.26. The van der Waals surface area contributed by atoms with Crippen molar-refractivity contribution >= 4 is 46.0 Å². The van der Waals surface area contributed by atoms with Crippen LogP contribution in [0.5, 0.6) is 0 Å². The number of thiocarbonyl (C=S) groups is 1. The number of amides is 1. The minimum atomic E-state index is 0.0148. The fourth-order valence-electron chi connectivity index (χ4n) is 4.02. The van der Waals surface area contributed by atoms with Crippen LogP contribution in [0.25, 0.3) is 6.08 Å². The van der Waals surface area contributed by atoms with Crippen LogP contribution in [0.1, 0.15) is 37.5 Å². The van der Waals surface area contributed by atoms with Gasteiger partial charge < -0.3 is 4.90 Å². The van der Waals surface area contributed by atoms with E-state index in [0.29, 0.717) is 15.9 Å². The summed E-state index contributed by atoms with van der Waals surface area (Å²) < 4.78 is 0.647. The second kappa shape index (κ2) is 9.38. The first-order chi connectivity index (χ1) is 15.2. The summed E-state index contributed by atoms with van der Waals surface area (Å²) in [6.45, 7) is 13.0. The number of benzene rings is 2. The number of anilines is 1. The SMILES string of the molecule is Cc1cccc(N2CCN(CN3C(=O)/C(=C\c4ccc(C(C)(C)C)cc4)SC3=S)CC2)c1. The van der Waals surface area contributed by atoms with Crippen LogP contribution in [0.15, 0.2) is 53.4 Å². The quantitative estimate of drug-likeness (QED) is 0.453. The van der Waals surface area contributed by atoms with Gasteiger partial charge in [-0.05, 0) is 47.2 Å². The predicted octanol–water partition coefficient (Wildman–Crippen LogP) is 5.27. The van der Waals surface area contributed by atoms with Crippen molar-refractivity contribution in [1.82, 2.24) is 9.80 Å². The summed E-state index contributed by atoms with van der Waals surface area (Å²) in [5.74, 6) is 0.0148. The number of hydrogen-bond acceptors (Lipinski definition) is 5. The molecule has 0 atom stereocenters. The fourth-order valence-corrected chi connectivity index (χ4v) is 5.27. The molecule has 0 aromatic heterocycles. The molecule has 2 aliphatic heterocycles. The summed E-state index contributed by atoms with van der Waals surface area (Å²) in [5, 5.41) is 0. The molecule has 2 heterocycles. The zero-order valence-corrected chi connectivity index (χ0v) is 20.9. The minimum absolute atomic E-state index is 0.0148. The summed E-state index contributed by atoms with van der Waals surface area (Å²) in [4.78, 5) is 20.2. The van der Waals surface area contributed by atoms with E-state index in [-0.39, 0.29) is 11.3 Å². The van der Waals surface area contributed by atoms with Gasteiger partial charge in [0.05, 0.1) is 11.6 Å². The highest BCUT2D eigenvalue weighted by Crippen LogP contribution is 2.33. The molecule has 2 aromatic carbocycles. The number of rotatable bonds is 4. The molecule has 6 heteroatoms. The number of thioether (sulfide) groups is 1. The molecule has 0 saturated carbocycles. The van der Waals surface area contributed by atoms with E-state index in [1.54, 1.807) is 4.90 Å². The van der Waals surface area contributed by atoms with Crippen LogP contribution >= 0.6 is 24.0 Å². The maximum atomic E-state index is 13.1. The van der Waals surface area contributed by atoms with Crippen LogP contribution in [-0.4, -0.2) is 52.9 Å². The van der Waals surface area contributed by atoms with E-state index >= 15 is 0 Å². The minimum Gasteiger partial charge on any atom is -0.369 e. The summed E-state index contributed by atoms with van der Waals surface area (Å²) >= 11 is 6.96. The maximum absolute atomic E-state index is 13.1. The molecule has 2 fully saturated rings. The molecular formula is C26H31N3OS2. The van der Waals surface area contributed by atoms with E-state index in [0.717, 1.165) is 31.7 Å². The molecule has 0 spiro atoms. The Morgan fingerprint density at radius 2 is 1.72 bits per heavy atom. The summed E-state index contributed by atoms with van der Waals surface area (Å²) in [6.07, 6.45) is 1.96. The van der Waals surface area contributed by atoms with E-state index in [1.165, 1.54) is 28.6 Å². The van der Waals surface area contributed by atoms with Gasteiger partial charge >= 0.3 is 0 Å². The monoisotopic (exact) mass is 465 g/mol. The van der Waals surface area contributed by atoms with Gasteiger partial charge in [0, 0.05) is 31.9 Å². The molecule has 4 rings (SSSR count). The Hall–Kier alpha value is -2.15. The van der Waals surface area contributed by atoms with Crippen molar-refractivity contribution in [2.24, 2.45) is 0 Å². The molecule has 1 amide bonds. The van der Waals surface area contributed by atoms with Gasteiger partial charge in [-0.25, -0.2) is 0 Å². The standard InChI is InChI=1S/C26H31N3OS2/c1-19-6-5-7-22(16-19)28-14-12-27(13-15-28)18-29-24(30)23(32-25(29)31)17-20-8-10-21(11-9-20)26(2,3)4/h5-11,16-17H,12-15,18H2,1-4H3/b23-17+. The van der Waals surface area contributed by atoms with Crippen molar-refractivity contribution in [1.29, 1.82) is 0 Å². The second-order valence-corrected chi connectivity index (χ2v) is 11.2. The molecule has 2 aliphatic rings. The third-order valence-corrected chi connectivity index (χ3v) is 7.41. The Labute approximate surface area is 201 Å². The van der Waals surface area contributed by atoms with Gasteiger partial charge in [-0.2, -0.15) is 0 Å². The molecule has 0 radical (unpaired) electrons. The largest absolute Gasteiger partial charge is 0.369 e. The van der Waals surface area contributed by atoms with Gasteiger partial charge in [0.25, 0.3) is 5.91 Å². The molecule has 2 saturated heterocycles. The van der Waals surface area contributed by atoms with Gasteiger partial charge in [-0.15, -0.1) is 0 Å². The van der Waals surface area contributed by atoms with Gasteiger partial charge in [0.15, 0.2) is 0 Å². The number of hydrogen-bond donors (Lipinski definition) is 0. The molecule has 0 unspecified atom stereocenters. The van der Waals surface area contributed by atoms with Crippen LogP contribution < -0.4 is 4.90 Å². The van der Waals surface area contributed by atoms with Crippen LogP contribution in [-0.2, 0) is 10.2 Å². The number of piperazine rings is 1. The van der Waals surface area contributed by atoms with Crippen LogP contribution in [0.2, 0.25) is 0 Å². The van der Waals surface area contributed by atoms with Crippen molar-refractivity contribution in [2.75, 3.05) is 37.7 Å². The normalized spacial score (nSPS) is 19.3. The van der Waals surface area contributed by atoms with Crippen LogP contribution in [0.3, 0.4) is 0 Å². The maximum Gasteiger partial charge on any atom is 0.267 e. The molecule has 168 valence electrons. The first-order valence-corrected chi connectivity index (χ1v) is 12.3. The highest BCUT2D eigenvalue weighted by atomic mass is 32.2. The lowest BCUT2D eigenvalue weighted by Gasteiger charge is -2.37. The number of carbonyl (C=O) groups is 1. The lowest BCUT2D eigenvalue weighted by molar-refractivity contribution is -0.123. The van der Waals surface area contributed by atoms with Gasteiger partial charge in [-0.1, -0.05) is 81.1 Å². The third-order valence-electron chi connectivity index (χ3n) is 6.03. The van der Waals surface area contributed by atoms with Crippen molar-refractivity contribution in [2.45, 2.75) is 33.1 Å². The van der Waals surface area contributed by atoms with Gasteiger partial charge in [0.2, 0.25) is 0 Å². The molecular weight excluding hydrogens is 434 g/mol. The lowest BCUT2D eigenvalue weighted by Crippen LogP contribution is -2.50. The number of carbonyl (C=O) groups excluding carboxylic acids is 1. The summed E-state index contributed by atoms with van der Waals surface area (Å²) in [5.41, 5.74) is 4.99. The van der Waals surface area contributed by atoms with Gasteiger partial charge in [0.1, 0.15) is 4.32 Å². The van der Waals surface area contributed by atoms with Crippen LogP contribution in [0.4, 0.5) is 5.69 Å². The smallest absolute Gasteiger partial charge is 0.267 e. The first kappa shape index (κ1) is 23.0. The average Bonchev–Trinajstić information content (AvgIpc) is 3.01. The second-order valence-electron chi connectivity index (χ2n) is 9.57. The third kappa shape index (κ3) is 5.25. The van der Waals surface area contributed by atoms with E-state index in [9.17, 15) is 4.79 Å². The van der Waals surface area contributed by atoms with Crippen molar-refractivity contribution < 1.29 is 4.79 Å². The van der Waals surface area contributed by atoms with E-state index in [2.05, 4.69) is 86.0 Å². The summed E-state index contributed by atoms with van der Waals surface area (Å²) in [6, 6.07) is 17.1. The zero-order chi connectivity index (χ0) is 22.9. The van der Waals surface area contributed by atoms with Crippen molar-refractivity contribution in [3.05, 3.63) is 70.1 Å². The highest BCUT2D eigenvalue weighted by Gasteiger charge is 2.33. The topological polar surface area (TPSA) is 26.8 Å². The lowest BCUT2D eigenvalue weighted by atomic mass is 9.87. The van der Waals surface area contributed by atoms with E-state index in [1.807, 2.05) is 6.08 Å². The van der Waals surface area contributed by atoms with Gasteiger partial charge in [-0.3, -0.25) is 14.6 Å². The molecule has 32 heavy (non-hydrogen) atoms. The van der Waals surface area contributed by atoms with Crippen LogP contribution in [0, 0.1) is 6.92 Å². The molecule has 0 N–H and O–H groups in total. The fraction of sp³-hybridized carbons (Fsp3) is 0.385. The average molecular weight is 466 g/mol. The molecule has 2 aromatic rings.